The number of aromatic nitrogens is 5. The summed E-state index contributed by atoms with van der Waals surface area (Å²) < 4.78 is 4.32. The Bertz CT molecular complexity index is 1080. The van der Waals surface area contributed by atoms with Crippen molar-refractivity contribution >= 4 is 22.1 Å². The Labute approximate surface area is 166 Å². The van der Waals surface area contributed by atoms with Gasteiger partial charge in [-0.05, 0) is 48.4 Å². The summed E-state index contributed by atoms with van der Waals surface area (Å²) in [6.07, 6.45) is 2.37. The summed E-state index contributed by atoms with van der Waals surface area (Å²) >= 11 is 0. The summed E-state index contributed by atoms with van der Waals surface area (Å²) in [6, 6.07) is 16.5. The van der Waals surface area contributed by atoms with Gasteiger partial charge in [-0.3, -0.25) is 0 Å². The van der Waals surface area contributed by atoms with Gasteiger partial charge < -0.3 is 4.57 Å². The molecule has 2 aromatic carbocycles. The van der Waals surface area contributed by atoms with Crippen LogP contribution in [0.2, 0.25) is 0 Å². The van der Waals surface area contributed by atoms with E-state index in [4.69, 9.17) is 4.98 Å². The predicted molar refractivity (Wildman–Crippen MR) is 114 cm³/mol. The van der Waals surface area contributed by atoms with E-state index in [0.717, 1.165) is 35.3 Å². The summed E-state index contributed by atoms with van der Waals surface area (Å²) in [5.74, 6) is 1.71. The molecule has 2 aromatic heterocycles. The van der Waals surface area contributed by atoms with E-state index in [-0.39, 0.29) is 0 Å². The maximum Gasteiger partial charge on any atom is 0.131 e. The van der Waals surface area contributed by atoms with E-state index in [9.17, 15) is 0 Å². The van der Waals surface area contributed by atoms with Gasteiger partial charge in [0.1, 0.15) is 17.9 Å². The number of rotatable bonds is 6. The van der Waals surface area contributed by atoms with Crippen LogP contribution in [-0.4, -0.2) is 24.5 Å². The zero-order valence-electron chi connectivity index (χ0n) is 17.3. The molecule has 0 aliphatic heterocycles. The molecule has 0 amide bonds. The highest BCUT2D eigenvalue weighted by Crippen LogP contribution is 2.27. The lowest BCUT2D eigenvalue weighted by atomic mass is 9.84. The second kappa shape index (κ2) is 7.38. The molecule has 0 radical (unpaired) electrons. The smallest absolute Gasteiger partial charge is 0.131 e. The van der Waals surface area contributed by atoms with Gasteiger partial charge >= 0.3 is 0 Å². The Balaban J connectivity index is 1.63. The summed E-state index contributed by atoms with van der Waals surface area (Å²) in [4.78, 5) is 4.92. The minimum Gasteiger partial charge on any atom is -0.326 e. The van der Waals surface area contributed by atoms with Crippen LogP contribution in [-0.2, 0) is 13.1 Å². The Morgan fingerprint density at radius 1 is 0.929 bits per heavy atom. The quantitative estimate of drug-likeness (QED) is 0.460. The van der Waals surface area contributed by atoms with Crippen molar-refractivity contribution in [2.45, 2.75) is 53.6 Å². The molecular formula is C23H29N5. The first-order valence-corrected chi connectivity index (χ1v) is 10.1. The van der Waals surface area contributed by atoms with Crippen LogP contribution in [0.3, 0.4) is 0 Å². The highest BCUT2D eigenvalue weighted by Gasteiger charge is 2.17. The average Bonchev–Trinajstić information content (AvgIpc) is 3.20. The van der Waals surface area contributed by atoms with Crippen LogP contribution in [0.4, 0.5) is 0 Å². The molecule has 1 atom stereocenters. The SMILES string of the molecule is CC(CCn1c(Cn2nnc3ccccc32)nc2ccccc21)CC(C)(C)C. The molecule has 0 aliphatic carbocycles. The molecule has 4 aromatic rings. The lowest BCUT2D eigenvalue weighted by molar-refractivity contribution is 0.289. The molecule has 5 nitrogen and oxygen atoms in total. The van der Waals surface area contributed by atoms with Crippen molar-refractivity contribution in [1.82, 2.24) is 24.5 Å². The van der Waals surface area contributed by atoms with Crippen molar-refractivity contribution in [3.8, 4) is 0 Å². The van der Waals surface area contributed by atoms with E-state index in [1.54, 1.807) is 0 Å². The van der Waals surface area contributed by atoms with Crippen molar-refractivity contribution in [1.29, 1.82) is 0 Å². The third kappa shape index (κ3) is 3.93. The van der Waals surface area contributed by atoms with Gasteiger partial charge in [0.25, 0.3) is 0 Å². The molecule has 146 valence electrons. The molecule has 0 saturated heterocycles. The minimum absolute atomic E-state index is 0.360. The third-order valence-corrected chi connectivity index (χ3v) is 5.25. The van der Waals surface area contributed by atoms with Crippen molar-refractivity contribution in [3.63, 3.8) is 0 Å². The first-order chi connectivity index (χ1) is 13.4. The molecular weight excluding hydrogens is 346 g/mol. The van der Waals surface area contributed by atoms with Gasteiger partial charge in [0.15, 0.2) is 0 Å². The lowest BCUT2D eigenvalue weighted by Gasteiger charge is -2.23. The molecule has 0 saturated carbocycles. The molecule has 5 heteroatoms. The highest BCUT2D eigenvalue weighted by molar-refractivity contribution is 5.76. The monoisotopic (exact) mass is 375 g/mol. The van der Waals surface area contributed by atoms with E-state index >= 15 is 0 Å². The molecule has 0 N–H and O–H groups in total. The molecule has 2 heterocycles. The van der Waals surface area contributed by atoms with E-state index in [1.807, 2.05) is 22.9 Å². The number of aryl methyl sites for hydroxylation is 1. The first kappa shape index (κ1) is 18.7. The van der Waals surface area contributed by atoms with Crippen LogP contribution in [0, 0.1) is 11.3 Å². The Hall–Kier alpha value is -2.69. The molecule has 0 spiro atoms. The fraction of sp³-hybridized carbons (Fsp3) is 0.435. The largest absolute Gasteiger partial charge is 0.326 e. The van der Waals surface area contributed by atoms with E-state index in [0.29, 0.717) is 17.9 Å². The standard InChI is InChI=1S/C23H29N5/c1-17(15-23(2,3)4)13-14-27-20-11-7-5-9-18(20)24-22(27)16-28-21-12-8-6-10-19(21)25-26-28/h5-12,17H,13-16H2,1-4H3. The van der Waals surface area contributed by atoms with Gasteiger partial charge in [-0.15, -0.1) is 5.10 Å². The summed E-state index contributed by atoms with van der Waals surface area (Å²) in [5, 5.41) is 8.65. The number of hydrogen-bond acceptors (Lipinski definition) is 3. The molecule has 0 fully saturated rings. The zero-order chi connectivity index (χ0) is 19.7. The fourth-order valence-electron chi connectivity index (χ4n) is 4.16. The van der Waals surface area contributed by atoms with Crippen LogP contribution >= 0.6 is 0 Å². The van der Waals surface area contributed by atoms with Crippen LogP contribution < -0.4 is 0 Å². The molecule has 28 heavy (non-hydrogen) atoms. The van der Waals surface area contributed by atoms with Gasteiger partial charge in [-0.1, -0.05) is 57.2 Å². The minimum atomic E-state index is 0.360. The number of fused-ring (bicyclic) bond motifs is 2. The normalized spacial score (nSPS) is 13.4. The highest BCUT2D eigenvalue weighted by atomic mass is 15.4. The molecule has 4 rings (SSSR count). The number of imidazole rings is 1. The van der Waals surface area contributed by atoms with Crippen LogP contribution in [0.15, 0.2) is 48.5 Å². The summed E-state index contributed by atoms with van der Waals surface area (Å²) in [6.45, 7) is 10.9. The molecule has 0 aliphatic rings. The first-order valence-electron chi connectivity index (χ1n) is 10.1. The average molecular weight is 376 g/mol. The Morgan fingerprint density at radius 3 is 2.36 bits per heavy atom. The Kier molecular flexibility index (Phi) is 4.92. The van der Waals surface area contributed by atoms with Crippen LogP contribution in [0.25, 0.3) is 22.1 Å². The third-order valence-electron chi connectivity index (χ3n) is 5.25. The maximum atomic E-state index is 4.92. The van der Waals surface area contributed by atoms with Crippen LogP contribution in [0.1, 0.15) is 46.4 Å². The molecule has 1 unspecified atom stereocenters. The maximum absolute atomic E-state index is 4.92. The summed E-state index contributed by atoms with van der Waals surface area (Å²) in [5.41, 5.74) is 4.57. The second-order valence-electron chi connectivity index (χ2n) is 9.06. The van der Waals surface area contributed by atoms with Crippen molar-refractivity contribution < 1.29 is 0 Å². The number of nitrogens with zero attached hydrogens (tertiary/aromatic N) is 5. The molecule has 0 bridgehead atoms. The topological polar surface area (TPSA) is 48.5 Å². The fourth-order valence-corrected chi connectivity index (χ4v) is 4.16. The van der Waals surface area contributed by atoms with Crippen molar-refractivity contribution in [2.24, 2.45) is 11.3 Å². The van der Waals surface area contributed by atoms with Gasteiger partial charge in [-0.25, -0.2) is 9.67 Å². The van der Waals surface area contributed by atoms with Gasteiger partial charge in [0.2, 0.25) is 0 Å². The second-order valence-corrected chi connectivity index (χ2v) is 9.06. The predicted octanol–water partition coefficient (Wildman–Crippen LogP) is 5.29. The lowest BCUT2D eigenvalue weighted by Crippen LogP contribution is -2.15. The number of hydrogen-bond donors (Lipinski definition) is 0. The zero-order valence-corrected chi connectivity index (χ0v) is 17.3. The Morgan fingerprint density at radius 2 is 1.61 bits per heavy atom. The summed E-state index contributed by atoms with van der Waals surface area (Å²) in [7, 11) is 0. The number of benzene rings is 2. The van der Waals surface area contributed by atoms with Gasteiger partial charge in [0.05, 0.1) is 16.6 Å². The number of para-hydroxylation sites is 3. The van der Waals surface area contributed by atoms with E-state index < -0.39 is 0 Å². The van der Waals surface area contributed by atoms with Gasteiger partial charge in [-0.2, -0.15) is 0 Å². The van der Waals surface area contributed by atoms with Gasteiger partial charge in [0, 0.05) is 6.54 Å². The van der Waals surface area contributed by atoms with E-state index in [1.165, 1.54) is 11.9 Å². The van der Waals surface area contributed by atoms with Crippen molar-refractivity contribution in [3.05, 3.63) is 54.4 Å². The van der Waals surface area contributed by atoms with Crippen molar-refractivity contribution in [2.75, 3.05) is 0 Å². The van der Waals surface area contributed by atoms with E-state index in [2.05, 4.69) is 72.9 Å². The van der Waals surface area contributed by atoms with Crippen LogP contribution in [0.5, 0.6) is 0 Å².